The van der Waals surface area contributed by atoms with E-state index in [1.54, 1.807) is 35.4 Å². The molecule has 1 atom stereocenters. The summed E-state index contributed by atoms with van der Waals surface area (Å²) in [5.41, 5.74) is 3.43. The van der Waals surface area contributed by atoms with Gasteiger partial charge in [-0.05, 0) is 42.5 Å². The lowest BCUT2D eigenvalue weighted by Crippen LogP contribution is -2.38. The first-order valence-corrected chi connectivity index (χ1v) is 10.7. The number of nitrogens with zero attached hydrogens (tertiary/aromatic N) is 6. The Balaban J connectivity index is 1.25. The molecule has 0 aliphatic carbocycles. The van der Waals surface area contributed by atoms with Crippen LogP contribution < -0.4 is 0 Å². The van der Waals surface area contributed by atoms with Crippen LogP contribution in [0.1, 0.15) is 44.8 Å². The number of carbonyl (C=O) groups excluding carboxylic acids is 2. The molecule has 158 valence electrons. The monoisotopic (exact) mass is 416 g/mol. The molecule has 0 unspecified atom stereocenters. The van der Waals surface area contributed by atoms with Crippen molar-refractivity contribution in [3.05, 3.63) is 77.4 Å². The van der Waals surface area contributed by atoms with Gasteiger partial charge in [0.25, 0.3) is 11.8 Å². The van der Waals surface area contributed by atoms with Crippen LogP contribution in [0.15, 0.2) is 55.0 Å². The minimum atomic E-state index is -0.101. The van der Waals surface area contributed by atoms with Crippen molar-refractivity contribution in [3.63, 3.8) is 0 Å². The van der Waals surface area contributed by atoms with E-state index in [2.05, 4.69) is 27.4 Å². The highest BCUT2D eigenvalue weighted by Crippen LogP contribution is 2.22. The van der Waals surface area contributed by atoms with Crippen LogP contribution in [0.5, 0.6) is 0 Å². The molecule has 4 heterocycles. The van der Waals surface area contributed by atoms with Crippen molar-refractivity contribution in [2.45, 2.75) is 38.4 Å². The van der Waals surface area contributed by atoms with Crippen molar-refractivity contribution in [2.24, 2.45) is 0 Å². The third-order valence-electron chi connectivity index (χ3n) is 6.12. The maximum atomic E-state index is 13.0. The molecule has 2 aromatic heterocycles. The molecule has 1 fully saturated rings. The van der Waals surface area contributed by atoms with Crippen molar-refractivity contribution in [3.8, 4) is 0 Å². The van der Waals surface area contributed by atoms with E-state index in [0.29, 0.717) is 37.4 Å². The van der Waals surface area contributed by atoms with Gasteiger partial charge in [-0.15, -0.1) is 5.10 Å². The van der Waals surface area contributed by atoms with Gasteiger partial charge in [-0.2, -0.15) is 0 Å². The summed E-state index contributed by atoms with van der Waals surface area (Å²) in [5, 5.41) is 8.30. The predicted molar refractivity (Wildman–Crippen MR) is 113 cm³/mol. The van der Waals surface area contributed by atoms with E-state index in [1.807, 2.05) is 21.9 Å². The van der Waals surface area contributed by atoms with Crippen LogP contribution in [0.25, 0.3) is 0 Å². The first kappa shape index (κ1) is 19.4. The van der Waals surface area contributed by atoms with E-state index in [1.165, 1.54) is 11.1 Å². The quantitative estimate of drug-likeness (QED) is 0.651. The van der Waals surface area contributed by atoms with Gasteiger partial charge >= 0.3 is 0 Å². The number of rotatable bonds is 4. The van der Waals surface area contributed by atoms with Crippen LogP contribution in [0, 0.1) is 0 Å². The van der Waals surface area contributed by atoms with Crippen molar-refractivity contribution >= 4 is 11.8 Å². The molecule has 0 spiro atoms. The first-order chi connectivity index (χ1) is 15.2. The molecule has 2 aliphatic heterocycles. The average Bonchev–Trinajstić information content (AvgIpc) is 3.48. The molecular weight excluding hydrogens is 392 g/mol. The Bertz CT molecular complexity index is 1100. The van der Waals surface area contributed by atoms with Crippen molar-refractivity contribution < 1.29 is 9.59 Å². The number of pyridine rings is 1. The van der Waals surface area contributed by atoms with Crippen LogP contribution in [-0.2, 0) is 19.5 Å². The maximum absolute atomic E-state index is 13.0. The number of aromatic nitrogens is 4. The van der Waals surface area contributed by atoms with Gasteiger partial charge in [0, 0.05) is 32.0 Å². The lowest BCUT2D eigenvalue weighted by molar-refractivity contribution is 0.0714. The van der Waals surface area contributed by atoms with Gasteiger partial charge in [0.15, 0.2) is 5.69 Å². The Hall–Kier alpha value is -3.55. The normalized spacial score (nSPS) is 18.1. The summed E-state index contributed by atoms with van der Waals surface area (Å²) in [4.78, 5) is 33.6. The Morgan fingerprint density at radius 3 is 2.74 bits per heavy atom. The fourth-order valence-corrected chi connectivity index (χ4v) is 4.48. The van der Waals surface area contributed by atoms with E-state index in [-0.39, 0.29) is 17.9 Å². The molecule has 8 nitrogen and oxygen atoms in total. The minimum Gasteiger partial charge on any atom is -0.334 e. The number of amides is 2. The van der Waals surface area contributed by atoms with Gasteiger partial charge in [-0.1, -0.05) is 29.5 Å². The topological polar surface area (TPSA) is 84.2 Å². The molecule has 31 heavy (non-hydrogen) atoms. The smallest absolute Gasteiger partial charge is 0.276 e. The Labute approximate surface area is 180 Å². The molecule has 0 N–H and O–H groups in total. The Morgan fingerprint density at radius 2 is 1.90 bits per heavy atom. The zero-order valence-corrected chi connectivity index (χ0v) is 17.2. The van der Waals surface area contributed by atoms with Crippen LogP contribution in [0.4, 0.5) is 0 Å². The van der Waals surface area contributed by atoms with Crippen molar-refractivity contribution in [2.75, 3.05) is 13.1 Å². The third kappa shape index (κ3) is 3.93. The summed E-state index contributed by atoms with van der Waals surface area (Å²) < 4.78 is 1.69. The molecule has 1 aromatic carbocycles. The molecule has 1 saturated heterocycles. The Morgan fingerprint density at radius 1 is 1.03 bits per heavy atom. The fraction of sp³-hybridized carbons (Fsp3) is 0.348. The van der Waals surface area contributed by atoms with E-state index in [0.717, 1.165) is 19.3 Å². The lowest BCUT2D eigenvalue weighted by Gasteiger charge is -2.28. The first-order valence-electron chi connectivity index (χ1n) is 10.7. The second-order valence-electron chi connectivity index (χ2n) is 8.11. The average molecular weight is 416 g/mol. The van der Waals surface area contributed by atoms with Gasteiger partial charge in [-0.3, -0.25) is 14.6 Å². The number of likely N-dealkylation sites (tertiary alicyclic amines) is 1. The van der Waals surface area contributed by atoms with Crippen molar-refractivity contribution in [1.29, 1.82) is 0 Å². The fourth-order valence-electron chi connectivity index (χ4n) is 4.48. The van der Waals surface area contributed by atoms with E-state index < -0.39 is 0 Å². The van der Waals surface area contributed by atoms with E-state index >= 15 is 0 Å². The zero-order chi connectivity index (χ0) is 21.2. The third-order valence-corrected chi connectivity index (χ3v) is 6.12. The van der Waals surface area contributed by atoms with Gasteiger partial charge in [0.1, 0.15) is 0 Å². The second-order valence-corrected chi connectivity index (χ2v) is 8.11. The number of benzene rings is 1. The van der Waals surface area contributed by atoms with Gasteiger partial charge in [-0.25, -0.2) is 4.68 Å². The number of fused-ring (bicyclic) bond motifs is 1. The van der Waals surface area contributed by atoms with Crippen LogP contribution in [0.3, 0.4) is 0 Å². The highest BCUT2D eigenvalue weighted by Gasteiger charge is 2.31. The lowest BCUT2D eigenvalue weighted by atomic mass is 10.00. The van der Waals surface area contributed by atoms with Gasteiger partial charge in [0.05, 0.1) is 24.3 Å². The van der Waals surface area contributed by atoms with Crippen molar-refractivity contribution in [1.82, 2.24) is 29.8 Å². The minimum absolute atomic E-state index is 0.0148. The standard InChI is InChI=1S/C23H24N6O2/c30-22(18-7-3-10-24-13-18)29-11-4-8-20(29)15-28-16-21(25-26-28)23(31)27-12-9-17-5-1-2-6-19(17)14-27/h1-3,5-7,10,13,16,20H,4,8-9,11-12,14-15H2/t20-/m0/s1. The summed E-state index contributed by atoms with van der Waals surface area (Å²) in [6.07, 6.45) is 7.66. The molecule has 0 bridgehead atoms. The maximum Gasteiger partial charge on any atom is 0.276 e. The van der Waals surface area contributed by atoms with Crippen LogP contribution >= 0.6 is 0 Å². The van der Waals surface area contributed by atoms with Crippen LogP contribution in [0.2, 0.25) is 0 Å². The summed E-state index contributed by atoms with van der Waals surface area (Å²) in [6, 6.07) is 11.8. The zero-order valence-electron chi connectivity index (χ0n) is 17.2. The molecular formula is C23H24N6O2. The SMILES string of the molecule is O=C(c1cn(C[C@@H]2CCCN2C(=O)c2cccnc2)nn1)N1CCc2ccccc2C1. The molecule has 3 aromatic rings. The highest BCUT2D eigenvalue weighted by molar-refractivity contribution is 5.94. The van der Waals surface area contributed by atoms with Crippen LogP contribution in [-0.4, -0.2) is 60.7 Å². The largest absolute Gasteiger partial charge is 0.334 e. The molecule has 8 heteroatoms. The number of hydrogen-bond donors (Lipinski definition) is 0. The number of carbonyl (C=O) groups is 2. The van der Waals surface area contributed by atoms with E-state index in [4.69, 9.17) is 0 Å². The number of hydrogen-bond acceptors (Lipinski definition) is 5. The summed E-state index contributed by atoms with van der Waals surface area (Å²) >= 11 is 0. The second kappa shape index (κ2) is 8.29. The molecule has 2 aliphatic rings. The molecule has 0 saturated carbocycles. The Kier molecular flexibility index (Phi) is 5.19. The van der Waals surface area contributed by atoms with Gasteiger partial charge in [0.2, 0.25) is 0 Å². The van der Waals surface area contributed by atoms with E-state index in [9.17, 15) is 9.59 Å². The van der Waals surface area contributed by atoms with Gasteiger partial charge < -0.3 is 9.80 Å². The summed E-state index contributed by atoms with van der Waals surface area (Å²) in [7, 11) is 0. The highest BCUT2D eigenvalue weighted by atomic mass is 16.2. The molecule has 0 radical (unpaired) electrons. The summed E-state index contributed by atoms with van der Waals surface area (Å²) in [6.45, 7) is 2.51. The molecule has 5 rings (SSSR count). The predicted octanol–water partition coefficient (Wildman–Crippen LogP) is 2.18. The molecule has 2 amide bonds. The summed E-state index contributed by atoms with van der Waals surface area (Å²) in [5.74, 6) is -0.116.